The molecule has 0 aliphatic heterocycles. The van der Waals surface area contributed by atoms with Crippen molar-refractivity contribution in [3.05, 3.63) is 29.8 Å². The highest BCUT2D eigenvalue weighted by Crippen LogP contribution is 2.20. The molecule has 1 atom stereocenters. The molecule has 3 nitrogen and oxygen atoms in total. The number of halogens is 3. The number of methoxy groups -OCH3 is 1. The third kappa shape index (κ3) is 4.52. The monoisotopic (exact) mass is 289 g/mol. The van der Waals surface area contributed by atoms with E-state index >= 15 is 0 Å². The number of ether oxygens (including phenoxy) is 1. The minimum Gasteiger partial charge on any atom is -0.497 e. The Morgan fingerprint density at radius 1 is 1.30 bits per heavy atom. The Kier molecular flexibility index (Phi) is 5.56. The Labute approximate surface area is 116 Å². The molecule has 1 aromatic carbocycles. The van der Waals surface area contributed by atoms with Crippen LogP contribution in [0.15, 0.2) is 24.3 Å². The van der Waals surface area contributed by atoms with Crippen LogP contribution in [0.4, 0.5) is 13.2 Å². The summed E-state index contributed by atoms with van der Waals surface area (Å²) in [5.74, 6) is 0.260. The normalized spacial score (nSPS) is 13.3. The van der Waals surface area contributed by atoms with E-state index in [9.17, 15) is 18.0 Å². The van der Waals surface area contributed by atoms with E-state index in [1.165, 1.54) is 14.0 Å². The smallest absolute Gasteiger partial charge is 0.401 e. The second-order valence-corrected chi connectivity index (χ2v) is 4.45. The van der Waals surface area contributed by atoms with Gasteiger partial charge in [-0.25, -0.2) is 0 Å². The average molecular weight is 289 g/mol. The summed E-state index contributed by atoms with van der Waals surface area (Å²) in [6.45, 7) is 2.15. The molecule has 1 rings (SSSR count). The first-order valence-corrected chi connectivity index (χ1v) is 6.27. The second-order valence-electron chi connectivity index (χ2n) is 4.45. The maximum Gasteiger partial charge on any atom is 0.401 e. The zero-order chi connectivity index (χ0) is 15.3. The summed E-state index contributed by atoms with van der Waals surface area (Å²) in [7, 11) is 1.50. The number of alkyl halides is 3. The van der Waals surface area contributed by atoms with Crippen molar-refractivity contribution in [2.24, 2.45) is 0 Å². The van der Waals surface area contributed by atoms with Crippen molar-refractivity contribution in [3.8, 4) is 5.75 Å². The van der Waals surface area contributed by atoms with Crippen LogP contribution in [0.3, 0.4) is 0 Å². The highest BCUT2D eigenvalue weighted by atomic mass is 19.4. The molecule has 20 heavy (non-hydrogen) atoms. The minimum absolute atomic E-state index is 0.155. The van der Waals surface area contributed by atoms with Gasteiger partial charge < -0.3 is 4.74 Å². The molecule has 0 aromatic heterocycles. The van der Waals surface area contributed by atoms with E-state index in [2.05, 4.69) is 0 Å². The van der Waals surface area contributed by atoms with Crippen molar-refractivity contribution in [2.45, 2.75) is 26.1 Å². The summed E-state index contributed by atoms with van der Waals surface area (Å²) in [4.78, 5) is 13.3. The zero-order valence-corrected chi connectivity index (χ0v) is 11.7. The molecular formula is C14H18F3NO2. The Bertz CT molecular complexity index is 443. The standard InChI is InChI=1S/C14H18F3NO2/c1-4-18(9-14(15,16)17)10(2)13(19)11-5-7-12(20-3)8-6-11/h5-8,10H,4,9H2,1-3H3. The van der Waals surface area contributed by atoms with Crippen molar-refractivity contribution < 1.29 is 22.7 Å². The fraction of sp³-hybridized carbons (Fsp3) is 0.500. The number of ketones is 1. The molecule has 0 saturated heterocycles. The number of nitrogens with zero attached hydrogens (tertiary/aromatic N) is 1. The van der Waals surface area contributed by atoms with Crippen LogP contribution in [-0.2, 0) is 0 Å². The number of carbonyl (C=O) groups excluding carboxylic acids is 1. The van der Waals surface area contributed by atoms with Gasteiger partial charge in [-0.1, -0.05) is 6.92 Å². The van der Waals surface area contributed by atoms with Crippen LogP contribution in [0.2, 0.25) is 0 Å². The number of rotatable bonds is 6. The fourth-order valence-corrected chi connectivity index (χ4v) is 1.92. The van der Waals surface area contributed by atoms with Crippen LogP contribution in [0.5, 0.6) is 5.75 Å². The van der Waals surface area contributed by atoms with Crippen LogP contribution in [0, 0.1) is 0 Å². The molecule has 0 fully saturated rings. The molecule has 0 saturated carbocycles. The van der Waals surface area contributed by atoms with Crippen molar-refractivity contribution in [1.82, 2.24) is 4.90 Å². The first-order chi connectivity index (χ1) is 9.28. The van der Waals surface area contributed by atoms with E-state index in [0.29, 0.717) is 11.3 Å². The van der Waals surface area contributed by atoms with E-state index in [1.54, 1.807) is 31.2 Å². The first-order valence-electron chi connectivity index (χ1n) is 6.27. The number of Topliss-reactive ketones (excluding diaryl/α,β-unsaturated/α-hetero) is 1. The molecule has 0 aliphatic rings. The van der Waals surface area contributed by atoms with Gasteiger partial charge in [-0.15, -0.1) is 0 Å². The van der Waals surface area contributed by atoms with Crippen LogP contribution >= 0.6 is 0 Å². The molecule has 0 aliphatic carbocycles. The van der Waals surface area contributed by atoms with Crippen molar-refractivity contribution in [1.29, 1.82) is 0 Å². The SMILES string of the molecule is CCN(CC(F)(F)F)C(C)C(=O)c1ccc(OC)cc1. The maximum absolute atomic E-state index is 12.4. The Morgan fingerprint density at radius 2 is 1.85 bits per heavy atom. The summed E-state index contributed by atoms with van der Waals surface area (Å²) in [5.41, 5.74) is 0.374. The van der Waals surface area contributed by atoms with E-state index in [1.807, 2.05) is 0 Å². The van der Waals surface area contributed by atoms with Gasteiger partial charge in [0, 0.05) is 5.56 Å². The molecule has 0 spiro atoms. The molecule has 1 unspecified atom stereocenters. The third-order valence-electron chi connectivity index (χ3n) is 3.09. The van der Waals surface area contributed by atoms with Gasteiger partial charge in [0.1, 0.15) is 5.75 Å². The number of carbonyl (C=O) groups is 1. The van der Waals surface area contributed by atoms with Gasteiger partial charge in [-0.2, -0.15) is 13.2 Å². The van der Waals surface area contributed by atoms with Crippen LogP contribution in [-0.4, -0.2) is 43.1 Å². The number of hydrogen-bond donors (Lipinski definition) is 0. The van der Waals surface area contributed by atoms with Crippen molar-refractivity contribution >= 4 is 5.78 Å². The number of likely N-dealkylation sites (N-methyl/N-ethyl adjacent to an activating group) is 1. The van der Waals surface area contributed by atoms with Crippen LogP contribution in [0.25, 0.3) is 0 Å². The van der Waals surface area contributed by atoms with Crippen molar-refractivity contribution in [2.75, 3.05) is 20.2 Å². The lowest BCUT2D eigenvalue weighted by Gasteiger charge is -2.27. The van der Waals surface area contributed by atoms with Gasteiger partial charge in [0.25, 0.3) is 0 Å². The number of benzene rings is 1. The molecule has 0 amide bonds. The minimum atomic E-state index is -4.32. The highest BCUT2D eigenvalue weighted by Gasteiger charge is 2.34. The summed E-state index contributed by atoms with van der Waals surface area (Å²) >= 11 is 0. The molecule has 6 heteroatoms. The largest absolute Gasteiger partial charge is 0.497 e. The summed E-state index contributed by atoms with van der Waals surface area (Å²) in [5, 5.41) is 0. The van der Waals surface area contributed by atoms with Gasteiger partial charge >= 0.3 is 6.18 Å². The van der Waals surface area contributed by atoms with E-state index < -0.39 is 18.8 Å². The lowest BCUT2D eigenvalue weighted by molar-refractivity contribution is -0.147. The summed E-state index contributed by atoms with van der Waals surface area (Å²) < 4.78 is 42.3. The highest BCUT2D eigenvalue weighted by molar-refractivity contribution is 5.99. The third-order valence-corrected chi connectivity index (χ3v) is 3.09. The van der Waals surface area contributed by atoms with Crippen LogP contribution in [0.1, 0.15) is 24.2 Å². The van der Waals surface area contributed by atoms with Gasteiger partial charge in [0.2, 0.25) is 0 Å². The number of hydrogen-bond acceptors (Lipinski definition) is 3. The molecule has 0 N–H and O–H groups in total. The Balaban J connectivity index is 2.82. The van der Waals surface area contributed by atoms with Crippen molar-refractivity contribution in [3.63, 3.8) is 0 Å². The summed E-state index contributed by atoms with van der Waals surface area (Å²) in [6.07, 6.45) is -4.32. The Hall–Kier alpha value is -1.56. The molecule has 0 heterocycles. The van der Waals surface area contributed by atoms with Gasteiger partial charge in [0.05, 0.1) is 19.7 Å². The molecule has 0 bridgehead atoms. The van der Waals surface area contributed by atoms with E-state index in [4.69, 9.17) is 4.74 Å². The topological polar surface area (TPSA) is 29.5 Å². The maximum atomic E-state index is 12.4. The zero-order valence-electron chi connectivity index (χ0n) is 11.7. The fourth-order valence-electron chi connectivity index (χ4n) is 1.92. The molecule has 112 valence electrons. The van der Waals surface area contributed by atoms with E-state index in [-0.39, 0.29) is 12.3 Å². The molecule has 0 radical (unpaired) electrons. The molecular weight excluding hydrogens is 271 g/mol. The quantitative estimate of drug-likeness (QED) is 0.753. The molecule has 1 aromatic rings. The van der Waals surface area contributed by atoms with Gasteiger partial charge in [0.15, 0.2) is 5.78 Å². The lowest BCUT2D eigenvalue weighted by atomic mass is 10.0. The predicted molar refractivity (Wildman–Crippen MR) is 70.1 cm³/mol. The lowest BCUT2D eigenvalue weighted by Crippen LogP contribution is -2.44. The average Bonchev–Trinajstić information content (AvgIpc) is 2.42. The first kappa shape index (κ1) is 16.5. The van der Waals surface area contributed by atoms with Gasteiger partial charge in [-0.3, -0.25) is 9.69 Å². The van der Waals surface area contributed by atoms with E-state index in [0.717, 1.165) is 4.90 Å². The second kappa shape index (κ2) is 6.74. The Morgan fingerprint density at radius 3 is 2.25 bits per heavy atom. The van der Waals surface area contributed by atoms with Crippen LogP contribution < -0.4 is 4.74 Å². The summed E-state index contributed by atoms with van der Waals surface area (Å²) in [6, 6.07) is 5.51. The van der Waals surface area contributed by atoms with Gasteiger partial charge in [-0.05, 0) is 37.7 Å². The predicted octanol–water partition coefficient (Wildman–Crippen LogP) is 3.15.